The Morgan fingerprint density at radius 3 is 2.19 bits per heavy atom. The minimum atomic E-state index is -0.463. The predicted molar refractivity (Wildman–Crippen MR) is 88.4 cm³/mol. The summed E-state index contributed by atoms with van der Waals surface area (Å²) in [5.74, 6) is 0.523. The average molecular weight is 283 g/mol. The second-order valence-electron chi connectivity index (χ2n) is 5.89. The molecule has 0 aliphatic rings. The van der Waals surface area contributed by atoms with Gasteiger partial charge < -0.3 is 10.4 Å². The van der Waals surface area contributed by atoms with E-state index in [2.05, 4.69) is 50.4 Å². The van der Waals surface area contributed by atoms with Gasteiger partial charge in [0, 0.05) is 13.1 Å². The van der Waals surface area contributed by atoms with Crippen LogP contribution in [0.1, 0.15) is 48.1 Å². The summed E-state index contributed by atoms with van der Waals surface area (Å²) in [6, 6.07) is 16.6. The first-order valence-electron chi connectivity index (χ1n) is 7.61. The fourth-order valence-electron chi connectivity index (χ4n) is 2.37. The minimum absolute atomic E-state index is 0.463. The highest BCUT2D eigenvalue weighted by Gasteiger charge is 2.08. The molecule has 0 amide bonds. The van der Waals surface area contributed by atoms with Gasteiger partial charge in [-0.15, -0.1) is 0 Å². The zero-order valence-corrected chi connectivity index (χ0v) is 13.1. The van der Waals surface area contributed by atoms with E-state index in [0.717, 1.165) is 12.1 Å². The molecule has 21 heavy (non-hydrogen) atoms. The normalized spacial score (nSPS) is 12.6. The average Bonchev–Trinajstić information content (AvgIpc) is 2.49. The molecule has 1 atom stereocenters. The maximum atomic E-state index is 10.2. The molecule has 0 saturated carbocycles. The monoisotopic (exact) mass is 283 g/mol. The molecule has 0 radical (unpaired) electrons. The van der Waals surface area contributed by atoms with Crippen molar-refractivity contribution in [1.29, 1.82) is 0 Å². The molecule has 0 aromatic heterocycles. The summed E-state index contributed by atoms with van der Waals surface area (Å²) in [4.78, 5) is 0. The van der Waals surface area contributed by atoms with Crippen molar-refractivity contribution in [3.63, 3.8) is 0 Å². The van der Waals surface area contributed by atoms with E-state index in [4.69, 9.17) is 0 Å². The largest absolute Gasteiger partial charge is 0.387 e. The number of rotatable bonds is 6. The zero-order chi connectivity index (χ0) is 15.2. The SMILES string of the molecule is Cc1ccccc1CNCC(O)c1ccc(C(C)C)cc1. The molecule has 1 unspecified atom stereocenters. The predicted octanol–water partition coefficient (Wildman–Crippen LogP) is 3.94. The Balaban J connectivity index is 1.87. The molecular weight excluding hydrogens is 258 g/mol. The van der Waals surface area contributed by atoms with E-state index in [9.17, 15) is 5.11 Å². The van der Waals surface area contributed by atoms with E-state index < -0.39 is 6.10 Å². The van der Waals surface area contributed by atoms with Crippen molar-refractivity contribution >= 4 is 0 Å². The topological polar surface area (TPSA) is 32.3 Å². The molecular formula is C19H25NO. The van der Waals surface area contributed by atoms with Gasteiger partial charge >= 0.3 is 0 Å². The van der Waals surface area contributed by atoms with Gasteiger partial charge in [-0.25, -0.2) is 0 Å². The van der Waals surface area contributed by atoms with Gasteiger partial charge in [-0.3, -0.25) is 0 Å². The third-order valence-corrected chi connectivity index (χ3v) is 3.90. The highest BCUT2D eigenvalue weighted by atomic mass is 16.3. The van der Waals surface area contributed by atoms with E-state index in [-0.39, 0.29) is 0 Å². The number of aliphatic hydroxyl groups excluding tert-OH is 1. The van der Waals surface area contributed by atoms with Gasteiger partial charge in [-0.05, 0) is 35.1 Å². The van der Waals surface area contributed by atoms with Crippen LogP contribution in [0.25, 0.3) is 0 Å². The standard InChI is InChI=1S/C19H25NO/c1-14(2)16-8-10-17(11-9-16)19(21)13-20-12-18-7-5-4-6-15(18)3/h4-11,14,19-21H,12-13H2,1-3H3. The lowest BCUT2D eigenvalue weighted by molar-refractivity contribution is 0.174. The fraction of sp³-hybridized carbons (Fsp3) is 0.368. The van der Waals surface area contributed by atoms with Crippen LogP contribution < -0.4 is 5.32 Å². The summed E-state index contributed by atoms with van der Waals surface area (Å²) in [7, 11) is 0. The molecule has 0 fully saturated rings. The lowest BCUT2D eigenvalue weighted by atomic mass is 10.00. The summed E-state index contributed by atoms with van der Waals surface area (Å²) >= 11 is 0. The lowest BCUT2D eigenvalue weighted by Gasteiger charge is -2.14. The molecule has 2 rings (SSSR count). The molecule has 112 valence electrons. The van der Waals surface area contributed by atoms with Gasteiger partial charge in [0.25, 0.3) is 0 Å². The van der Waals surface area contributed by atoms with Crippen LogP contribution in [-0.4, -0.2) is 11.7 Å². The Morgan fingerprint density at radius 2 is 1.57 bits per heavy atom. The highest BCUT2D eigenvalue weighted by molar-refractivity contribution is 5.27. The van der Waals surface area contributed by atoms with Crippen LogP contribution in [0.15, 0.2) is 48.5 Å². The van der Waals surface area contributed by atoms with Crippen LogP contribution in [0, 0.1) is 6.92 Å². The maximum absolute atomic E-state index is 10.2. The van der Waals surface area contributed by atoms with Crippen molar-refractivity contribution < 1.29 is 5.11 Å². The lowest BCUT2D eigenvalue weighted by Crippen LogP contribution is -2.21. The molecule has 2 aromatic rings. The van der Waals surface area contributed by atoms with E-state index in [1.165, 1.54) is 16.7 Å². The molecule has 0 aliphatic heterocycles. The Labute approximate surface area is 127 Å². The maximum Gasteiger partial charge on any atom is 0.0914 e. The van der Waals surface area contributed by atoms with Crippen LogP contribution in [0.3, 0.4) is 0 Å². The van der Waals surface area contributed by atoms with Gasteiger partial charge in [0.1, 0.15) is 0 Å². The van der Waals surface area contributed by atoms with E-state index in [1.54, 1.807) is 0 Å². The highest BCUT2D eigenvalue weighted by Crippen LogP contribution is 2.18. The molecule has 0 heterocycles. The summed E-state index contributed by atoms with van der Waals surface area (Å²) in [5.41, 5.74) is 4.83. The van der Waals surface area contributed by atoms with Gasteiger partial charge in [-0.1, -0.05) is 62.4 Å². The number of hydrogen-bond acceptors (Lipinski definition) is 2. The Bertz CT molecular complexity index is 560. The van der Waals surface area contributed by atoms with Crippen molar-refractivity contribution in [2.45, 2.75) is 39.3 Å². The van der Waals surface area contributed by atoms with Crippen LogP contribution >= 0.6 is 0 Å². The van der Waals surface area contributed by atoms with Crippen LogP contribution in [0.2, 0.25) is 0 Å². The third-order valence-electron chi connectivity index (χ3n) is 3.90. The van der Waals surface area contributed by atoms with Gasteiger partial charge in [-0.2, -0.15) is 0 Å². The third kappa shape index (κ3) is 4.42. The van der Waals surface area contributed by atoms with Crippen molar-refractivity contribution in [2.24, 2.45) is 0 Å². The summed E-state index contributed by atoms with van der Waals surface area (Å²) in [6.45, 7) is 7.81. The van der Waals surface area contributed by atoms with Crippen LogP contribution in [-0.2, 0) is 6.54 Å². The smallest absolute Gasteiger partial charge is 0.0914 e. The zero-order valence-electron chi connectivity index (χ0n) is 13.1. The number of hydrogen-bond donors (Lipinski definition) is 2. The van der Waals surface area contributed by atoms with E-state index in [1.807, 2.05) is 24.3 Å². The molecule has 2 N–H and O–H groups in total. The van der Waals surface area contributed by atoms with Gasteiger partial charge in [0.05, 0.1) is 6.10 Å². The van der Waals surface area contributed by atoms with E-state index >= 15 is 0 Å². The molecule has 0 spiro atoms. The molecule has 2 aromatic carbocycles. The summed E-state index contributed by atoms with van der Waals surface area (Å²) in [6.07, 6.45) is -0.463. The van der Waals surface area contributed by atoms with Crippen molar-refractivity contribution in [2.75, 3.05) is 6.54 Å². The molecule has 2 heteroatoms. The first-order valence-corrected chi connectivity index (χ1v) is 7.61. The molecule has 0 bridgehead atoms. The quantitative estimate of drug-likeness (QED) is 0.841. The second-order valence-corrected chi connectivity index (χ2v) is 5.89. The molecule has 0 aliphatic carbocycles. The number of nitrogens with one attached hydrogen (secondary N) is 1. The Hall–Kier alpha value is -1.64. The van der Waals surface area contributed by atoms with Gasteiger partial charge in [0.2, 0.25) is 0 Å². The second kappa shape index (κ2) is 7.39. The molecule has 0 saturated heterocycles. The Morgan fingerprint density at radius 1 is 0.952 bits per heavy atom. The molecule has 2 nitrogen and oxygen atoms in total. The first kappa shape index (κ1) is 15.7. The van der Waals surface area contributed by atoms with Crippen molar-refractivity contribution in [3.05, 3.63) is 70.8 Å². The van der Waals surface area contributed by atoms with Crippen molar-refractivity contribution in [3.8, 4) is 0 Å². The first-order chi connectivity index (χ1) is 10.1. The van der Waals surface area contributed by atoms with Crippen LogP contribution in [0.4, 0.5) is 0 Å². The Kier molecular flexibility index (Phi) is 5.54. The van der Waals surface area contributed by atoms with Crippen LogP contribution in [0.5, 0.6) is 0 Å². The van der Waals surface area contributed by atoms with E-state index in [0.29, 0.717) is 12.5 Å². The minimum Gasteiger partial charge on any atom is -0.387 e. The number of benzene rings is 2. The number of aryl methyl sites for hydroxylation is 1. The fourth-order valence-corrected chi connectivity index (χ4v) is 2.37. The van der Waals surface area contributed by atoms with Gasteiger partial charge in [0.15, 0.2) is 0 Å². The summed E-state index contributed by atoms with van der Waals surface area (Å²) < 4.78 is 0. The van der Waals surface area contributed by atoms with Crippen molar-refractivity contribution in [1.82, 2.24) is 5.32 Å². The number of aliphatic hydroxyl groups is 1. The summed E-state index contributed by atoms with van der Waals surface area (Å²) in [5, 5.41) is 13.6.